The van der Waals surface area contributed by atoms with Crippen molar-refractivity contribution in [2.75, 3.05) is 12.4 Å². The zero-order chi connectivity index (χ0) is 19.3. The van der Waals surface area contributed by atoms with Crippen LogP contribution in [0.25, 0.3) is 0 Å². The van der Waals surface area contributed by atoms with Gasteiger partial charge in [0.1, 0.15) is 21.6 Å². The van der Waals surface area contributed by atoms with Crippen LogP contribution in [0.4, 0.5) is 10.5 Å². The first-order valence-electron chi connectivity index (χ1n) is 7.50. The third kappa shape index (κ3) is 5.24. The molecule has 2 rings (SSSR count). The molecule has 0 aliphatic heterocycles. The van der Waals surface area contributed by atoms with E-state index in [1.165, 1.54) is 38.3 Å². The predicted octanol–water partition coefficient (Wildman–Crippen LogP) is 3.39. The molecule has 0 spiro atoms. The van der Waals surface area contributed by atoms with E-state index in [-0.39, 0.29) is 22.5 Å². The number of phenolic OH excluding ortho intramolecular Hbond substituents is 1. The van der Waals surface area contributed by atoms with Gasteiger partial charge < -0.3 is 20.5 Å². The molecule has 0 bridgehead atoms. The first kappa shape index (κ1) is 19.8. The van der Waals surface area contributed by atoms with Crippen molar-refractivity contribution in [2.24, 2.45) is 0 Å². The lowest BCUT2D eigenvalue weighted by Gasteiger charge is -2.28. The molecule has 1 aromatic carbocycles. The van der Waals surface area contributed by atoms with Gasteiger partial charge in [0.25, 0.3) is 0 Å². The third-order valence-corrected chi connectivity index (χ3v) is 3.93. The molecule has 0 saturated carbocycles. The van der Waals surface area contributed by atoms with E-state index in [1.807, 2.05) is 0 Å². The number of urea groups is 1. The number of phenols is 1. The fourth-order valence-corrected chi connectivity index (χ4v) is 2.83. The van der Waals surface area contributed by atoms with Crippen molar-refractivity contribution in [3.05, 3.63) is 52.3 Å². The van der Waals surface area contributed by atoms with E-state index in [4.69, 9.17) is 27.9 Å². The Balaban J connectivity index is 2.16. The topological polar surface area (TPSA) is 101 Å². The average Bonchev–Trinajstić information content (AvgIpc) is 2.55. The highest BCUT2D eigenvalue weighted by atomic mass is 35.5. The Morgan fingerprint density at radius 3 is 2.31 bits per heavy atom. The molecular formula is C17H17Cl2N3O4. The highest BCUT2D eigenvalue weighted by molar-refractivity contribution is 6.33. The standard InChI is InChI=1S/C17H17Cl2N3O4/c1-17(15(24)26-2,9-10-3-5-12(23)6-4-10)22-16(25)20-11-7-13(18)21-14(19)8-11/h3-8,23H,9H2,1-2H3,(H2,20,21,22,25). The molecule has 0 aliphatic rings. The molecule has 1 unspecified atom stereocenters. The molecule has 3 N–H and O–H groups in total. The number of aromatic nitrogens is 1. The number of nitrogens with one attached hydrogen (secondary N) is 2. The number of pyridine rings is 1. The van der Waals surface area contributed by atoms with Gasteiger partial charge in [0.05, 0.1) is 7.11 Å². The van der Waals surface area contributed by atoms with Crippen molar-refractivity contribution in [3.63, 3.8) is 0 Å². The SMILES string of the molecule is COC(=O)C(C)(Cc1ccc(O)cc1)NC(=O)Nc1cc(Cl)nc(Cl)c1. The van der Waals surface area contributed by atoms with Crippen molar-refractivity contribution >= 4 is 40.9 Å². The number of aromatic hydroxyl groups is 1. The molecule has 0 radical (unpaired) electrons. The highest BCUT2D eigenvalue weighted by Crippen LogP contribution is 2.20. The summed E-state index contributed by atoms with van der Waals surface area (Å²) in [4.78, 5) is 28.4. The van der Waals surface area contributed by atoms with Gasteiger partial charge in [-0.3, -0.25) is 0 Å². The van der Waals surface area contributed by atoms with Gasteiger partial charge in [-0.1, -0.05) is 35.3 Å². The summed E-state index contributed by atoms with van der Waals surface area (Å²) in [5.41, 5.74) is -0.286. The van der Waals surface area contributed by atoms with Crippen LogP contribution >= 0.6 is 23.2 Å². The maximum absolute atomic E-state index is 12.3. The molecule has 0 fully saturated rings. The van der Waals surface area contributed by atoms with Crippen LogP contribution in [0.1, 0.15) is 12.5 Å². The summed E-state index contributed by atoms with van der Waals surface area (Å²) in [5, 5.41) is 14.8. The molecule has 1 heterocycles. The number of carbonyl (C=O) groups excluding carboxylic acids is 2. The minimum absolute atomic E-state index is 0.102. The minimum atomic E-state index is -1.34. The number of amides is 2. The van der Waals surface area contributed by atoms with Gasteiger partial charge in [-0.25, -0.2) is 14.6 Å². The monoisotopic (exact) mass is 397 g/mol. The molecule has 1 atom stereocenters. The minimum Gasteiger partial charge on any atom is -0.508 e. The van der Waals surface area contributed by atoms with E-state index in [0.29, 0.717) is 5.69 Å². The van der Waals surface area contributed by atoms with Gasteiger partial charge >= 0.3 is 12.0 Å². The third-order valence-electron chi connectivity index (χ3n) is 3.54. The van der Waals surface area contributed by atoms with E-state index in [2.05, 4.69) is 15.6 Å². The summed E-state index contributed by atoms with van der Waals surface area (Å²) >= 11 is 11.6. The Kier molecular flexibility index (Phi) is 6.28. The van der Waals surface area contributed by atoms with Crippen LogP contribution in [0.2, 0.25) is 10.3 Å². The van der Waals surface area contributed by atoms with Crippen LogP contribution in [-0.2, 0) is 16.0 Å². The van der Waals surface area contributed by atoms with Gasteiger partial charge in [0.2, 0.25) is 0 Å². The van der Waals surface area contributed by atoms with Crippen LogP contribution in [-0.4, -0.2) is 34.7 Å². The highest BCUT2D eigenvalue weighted by Gasteiger charge is 2.36. The number of methoxy groups -OCH3 is 1. The van der Waals surface area contributed by atoms with Crippen molar-refractivity contribution in [3.8, 4) is 5.75 Å². The van der Waals surface area contributed by atoms with Gasteiger partial charge in [0.15, 0.2) is 0 Å². The number of rotatable bonds is 5. The second kappa shape index (κ2) is 8.25. The second-order valence-electron chi connectivity index (χ2n) is 5.75. The molecule has 26 heavy (non-hydrogen) atoms. The lowest BCUT2D eigenvalue weighted by atomic mass is 9.93. The van der Waals surface area contributed by atoms with Crippen LogP contribution in [0.5, 0.6) is 5.75 Å². The fraction of sp³-hybridized carbons (Fsp3) is 0.235. The van der Waals surface area contributed by atoms with E-state index < -0.39 is 17.5 Å². The largest absolute Gasteiger partial charge is 0.508 e. The van der Waals surface area contributed by atoms with Gasteiger partial charge in [-0.15, -0.1) is 0 Å². The number of ether oxygens (including phenoxy) is 1. The fourth-order valence-electron chi connectivity index (χ4n) is 2.36. The molecule has 0 aliphatic carbocycles. The Hall–Kier alpha value is -2.51. The predicted molar refractivity (Wildman–Crippen MR) is 98.6 cm³/mol. The Bertz CT molecular complexity index is 794. The zero-order valence-electron chi connectivity index (χ0n) is 14.0. The number of hydrogen-bond acceptors (Lipinski definition) is 5. The summed E-state index contributed by atoms with van der Waals surface area (Å²) in [6, 6.07) is 8.49. The molecule has 7 nitrogen and oxygen atoms in total. The first-order chi connectivity index (χ1) is 12.2. The van der Waals surface area contributed by atoms with Crippen molar-refractivity contribution < 1.29 is 19.4 Å². The number of hydrogen-bond donors (Lipinski definition) is 3. The van der Waals surface area contributed by atoms with Crippen molar-refractivity contribution in [2.45, 2.75) is 18.9 Å². The van der Waals surface area contributed by atoms with Gasteiger partial charge in [-0.05, 0) is 36.8 Å². The van der Waals surface area contributed by atoms with Crippen LogP contribution in [0, 0.1) is 0 Å². The van der Waals surface area contributed by atoms with E-state index in [0.717, 1.165) is 5.56 Å². The molecule has 138 valence electrons. The summed E-state index contributed by atoms with van der Waals surface area (Å²) in [5.74, 6) is -0.516. The quantitative estimate of drug-likeness (QED) is 0.530. The lowest BCUT2D eigenvalue weighted by molar-refractivity contribution is -0.147. The number of halogens is 2. The van der Waals surface area contributed by atoms with Crippen LogP contribution in [0.15, 0.2) is 36.4 Å². The molecule has 2 amide bonds. The molecule has 0 saturated heterocycles. The van der Waals surface area contributed by atoms with Crippen LogP contribution < -0.4 is 10.6 Å². The number of esters is 1. The van der Waals surface area contributed by atoms with Gasteiger partial charge in [0, 0.05) is 12.1 Å². The van der Waals surface area contributed by atoms with E-state index in [1.54, 1.807) is 12.1 Å². The number of anilines is 1. The normalized spacial score (nSPS) is 12.8. The number of benzene rings is 1. The first-order valence-corrected chi connectivity index (χ1v) is 8.26. The number of carbonyl (C=O) groups is 2. The molecule has 1 aromatic heterocycles. The average molecular weight is 398 g/mol. The van der Waals surface area contributed by atoms with Crippen LogP contribution in [0.3, 0.4) is 0 Å². The maximum atomic E-state index is 12.3. The lowest BCUT2D eigenvalue weighted by Crippen LogP contribution is -2.55. The summed E-state index contributed by atoms with van der Waals surface area (Å²) in [7, 11) is 1.24. The summed E-state index contributed by atoms with van der Waals surface area (Å²) < 4.78 is 4.82. The Morgan fingerprint density at radius 2 is 1.77 bits per heavy atom. The van der Waals surface area contributed by atoms with Gasteiger partial charge in [-0.2, -0.15) is 0 Å². The number of nitrogens with zero attached hydrogens (tertiary/aromatic N) is 1. The van der Waals surface area contributed by atoms with Crippen molar-refractivity contribution in [1.82, 2.24) is 10.3 Å². The zero-order valence-corrected chi connectivity index (χ0v) is 15.6. The second-order valence-corrected chi connectivity index (χ2v) is 6.52. The maximum Gasteiger partial charge on any atom is 0.331 e. The Labute approximate surface area is 160 Å². The Morgan fingerprint density at radius 1 is 1.19 bits per heavy atom. The molecule has 2 aromatic rings. The summed E-state index contributed by atoms with van der Waals surface area (Å²) in [6.07, 6.45) is 0.158. The van der Waals surface area contributed by atoms with Crippen molar-refractivity contribution in [1.29, 1.82) is 0 Å². The summed E-state index contributed by atoms with van der Waals surface area (Å²) in [6.45, 7) is 1.54. The molecule has 9 heteroatoms. The molecular weight excluding hydrogens is 381 g/mol. The van der Waals surface area contributed by atoms with E-state index in [9.17, 15) is 14.7 Å². The van der Waals surface area contributed by atoms with E-state index >= 15 is 0 Å². The smallest absolute Gasteiger partial charge is 0.331 e.